The predicted molar refractivity (Wildman–Crippen MR) is 159 cm³/mol. The molecule has 4 aromatic rings. The first-order chi connectivity index (χ1) is 18.7. The molecule has 1 N–H and O–H groups in total. The maximum absolute atomic E-state index is 14.1. The van der Waals surface area contributed by atoms with Crippen molar-refractivity contribution in [2.24, 2.45) is 12.0 Å². The van der Waals surface area contributed by atoms with Gasteiger partial charge in [0.15, 0.2) is 14.6 Å². The summed E-state index contributed by atoms with van der Waals surface area (Å²) < 4.78 is 28.6. The number of quaternary nitrogens is 1. The summed E-state index contributed by atoms with van der Waals surface area (Å²) >= 11 is 8.98. The van der Waals surface area contributed by atoms with Crippen LogP contribution in [0.15, 0.2) is 63.1 Å². The monoisotopic (exact) mass is 604 g/mol. The molecule has 0 aliphatic carbocycles. The van der Waals surface area contributed by atoms with Crippen molar-refractivity contribution in [3.63, 3.8) is 0 Å². The van der Waals surface area contributed by atoms with Crippen LogP contribution in [0, 0.1) is 0 Å². The number of aliphatic hydroxyl groups excluding tert-OH is 1. The zero-order valence-electron chi connectivity index (χ0n) is 21.8. The number of carbonyl (C=O) groups excluding carboxylic acids is 1. The highest BCUT2D eigenvalue weighted by molar-refractivity contribution is 7.91. The number of rotatable bonds is 7. The van der Waals surface area contributed by atoms with Gasteiger partial charge in [-0.2, -0.15) is 11.3 Å². The molecule has 0 radical (unpaired) electrons. The summed E-state index contributed by atoms with van der Waals surface area (Å²) in [5.74, 6) is -0.426. The van der Waals surface area contributed by atoms with Gasteiger partial charge in [0.1, 0.15) is 11.8 Å². The molecule has 2 aromatic heterocycles. The molecule has 7 nitrogen and oxygen atoms in total. The largest absolute Gasteiger partial charge is 0.382 e. The molecule has 1 unspecified atom stereocenters. The van der Waals surface area contributed by atoms with Crippen LogP contribution in [0.2, 0.25) is 5.02 Å². The number of nitrogens with zero attached hydrogens (tertiary/aromatic N) is 3. The number of fused-ring (bicyclic) bond motifs is 1. The van der Waals surface area contributed by atoms with E-state index in [1.165, 1.54) is 22.7 Å². The molecule has 206 valence electrons. The second-order valence-electron chi connectivity index (χ2n) is 9.91. The van der Waals surface area contributed by atoms with Crippen LogP contribution in [0.25, 0.3) is 10.8 Å². The molecule has 0 spiro atoms. The van der Waals surface area contributed by atoms with Gasteiger partial charge in [0.05, 0.1) is 30.2 Å². The number of hydrogen-bond donors (Lipinski definition) is 1. The lowest BCUT2D eigenvalue weighted by molar-refractivity contribution is -0.130. The molecule has 2 aromatic carbocycles. The smallest absolute Gasteiger partial charge is 0.320 e. The summed E-state index contributed by atoms with van der Waals surface area (Å²) in [6.45, 7) is 1.14. The Bertz CT molecular complexity index is 1680. The summed E-state index contributed by atoms with van der Waals surface area (Å²) in [5, 5.41) is 18.2. The van der Waals surface area contributed by atoms with Crippen LogP contribution >= 0.6 is 34.3 Å². The fraction of sp³-hybridized carbons (Fsp3) is 0.357. The Morgan fingerprint density at radius 3 is 2.54 bits per heavy atom. The van der Waals surface area contributed by atoms with Crippen LogP contribution in [0.5, 0.6) is 0 Å². The third-order valence-corrected chi connectivity index (χ3v) is 11.6. The van der Waals surface area contributed by atoms with Crippen molar-refractivity contribution in [3.05, 3.63) is 74.3 Å². The van der Waals surface area contributed by atoms with Gasteiger partial charge in [-0.3, -0.25) is 4.99 Å². The van der Waals surface area contributed by atoms with E-state index in [0.29, 0.717) is 28.6 Å². The Morgan fingerprint density at radius 2 is 1.85 bits per heavy atom. The predicted octanol–water partition coefficient (Wildman–Crippen LogP) is 5.45. The minimum Gasteiger partial charge on any atom is -0.382 e. The lowest BCUT2D eigenvalue weighted by Gasteiger charge is -2.38. The maximum atomic E-state index is 14.1. The van der Waals surface area contributed by atoms with Crippen molar-refractivity contribution >= 4 is 65.8 Å². The SMILES string of the molecule is C/N=c1\sc([N+]2(C(=O)CCS(=O)(=O)c3ccc4cc(Cl)ccc4c3)CCCCC2)c(C(O)c2ccsc2)n1C. The highest BCUT2D eigenvalue weighted by atomic mass is 35.5. The van der Waals surface area contributed by atoms with E-state index in [1.54, 1.807) is 43.4 Å². The molecule has 39 heavy (non-hydrogen) atoms. The minimum absolute atomic E-state index is 0.0380. The molecule has 11 heteroatoms. The van der Waals surface area contributed by atoms with Crippen LogP contribution in [0.4, 0.5) is 5.00 Å². The second kappa shape index (κ2) is 11.3. The standard InChI is InChI=1S/C28H31ClN3O4S3/c1-30-28-31(2)25(26(34)21-10-14-37-18-21)27(38-28)32(12-4-3-5-13-32)24(33)11-15-39(35,36)23-9-7-19-16-22(29)8-6-20(19)17-23/h6-10,14,16-18,26,34H,3-5,11-13,15H2,1-2H3/q+1/b30-28-. The molecular weight excluding hydrogens is 574 g/mol. The van der Waals surface area contributed by atoms with Gasteiger partial charge in [-0.1, -0.05) is 23.7 Å². The van der Waals surface area contributed by atoms with E-state index in [1.807, 2.05) is 28.4 Å². The third-order valence-electron chi connectivity index (χ3n) is 7.53. The van der Waals surface area contributed by atoms with E-state index in [2.05, 4.69) is 4.99 Å². The Balaban J connectivity index is 1.49. The van der Waals surface area contributed by atoms with E-state index in [4.69, 9.17) is 11.6 Å². The van der Waals surface area contributed by atoms with Gasteiger partial charge in [0, 0.05) is 19.1 Å². The lowest BCUT2D eigenvalue weighted by Crippen LogP contribution is -2.57. The van der Waals surface area contributed by atoms with Gasteiger partial charge in [-0.25, -0.2) is 17.7 Å². The number of likely N-dealkylation sites (tertiary alicyclic amines) is 1. The number of sulfone groups is 1. The number of carbonyl (C=O) groups is 1. The van der Waals surface area contributed by atoms with Crippen molar-refractivity contribution in [2.75, 3.05) is 25.9 Å². The molecule has 0 saturated carbocycles. The van der Waals surface area contributed by atoms with E-state index in [-0.39, 0.29) is 27.5 Å². The molecule has 0 bridgehead atoms. The summed E-state index contributed by atoms with van der Waals surface area (Å²) in [6, 6.07) is 12.2. The van der Waals surface area contributed by atoms with Gasteiger partial charge in [-0.15, -0.1) is 0 Å². The molecule has 1 fully saturated rings. The summed E-state index contributed by atoms with van der Waals surface area (Å²) in [6.07, 6.45) is 1.68. The minimum atomic E-state index is -3.71. The number of aliphatic hydroxyl groups is 1. The van der Waals surface area contributed by atoms with Crippen molar-refractivity contribution < 1.29 is 18.3 Å². The van der Waals surface area contributed by atoms with Crippen LogP contribution in [0.1, 0.15) is 43.0 Å². The number of thiazole rings is 1. The van der Waals surface area contributed by atoms with E-state index >= 15 is 0 Å². The molecule has 1 saturated heterocycles. The average Bonchev–Trinajstić information content (AvgIpc) is 3.60. The normalized spacial score (nSPS) is 17.0. The average molecular weight is 605 g/mol. The fourth-order valence-electron chi connectivity index (χ4n) is 5.40. The number of amides is 1. The summed E-state index contributed by atoms with van der Waals surface area (Å²) in [4.78, 5) is 19.4. The Hall–Kier alpha value is -2.34. The van der Waals surface area contributed by atoms with Crippen molar-refractivity contribution in [1.82, 2.24) is 9.05 Å². The molecule has 1 aliphatic heterocycles. The third kappa shape index (κ3) is 5.38. The first-order valence-electron chi connectivity index (χ1n) is 12.8. The maximum Gasteiger partial charge on any atom is 0.320 e. The van der Waals surface area contributed by atoms with Crippen molar-refractivity contribution in [2.45, 2.75) is 36.7 Å². The Morgan fingerprint density at radius 1 is 1.13 bits per heavy atom. The quantitative estimate of drug-likeness (QED) is 0.284. The fourth-order valence-corrected chi connectivity index (χ4v) is 8.84. The first-order valence-corrected chi connectivity index (χ1v) is 16.6. The molecule has 1 aliphatic rings. The zero-order valence-corrected chi connectivity index (χ0v) is 25.0. The second-order valence-corrected chi connectivity index (χ2v) is 14.2. The summed E-state index contributed by atoms with van der Waals surface area (Å²) in [7, 11) is -0.152. The zero-order chi connectivity index (χ0) is 27.8. The highest BCUT2D eigenvalue weighted by Gasteiger charge is 2.45. The molecule has 3 heterocycles. The first kappa shape index (κ1) is 28.2. The van der Waals surface area contributed by atoms with Crippen LogP contribution in [-0.2, 0) is 21.7 Å². The number of aromatic nitrogens is 1. The van der Waals surface area contributed by atoms with Gasteiger partial charge in [0.2, 0.25) is 5.00 Å². The van der Waals surface area contributed by atoms with Crippen LogP contribution < -0.4 is 9.28 Å². The van der Waals surface area contributed by atoms with Crippen molar-refractivity contribution in [3.8, 4) is 0 Å². The van der Waals surface area contributed by atoms with Crippen molar-refractivity contribution in [1.29, 1.82) is 0 Å². The molecular formula is C28H31ClN3O4S3+. The molecule has 1 atom stereocenters. The van der Waals surface area contributed by atoms with E-state index < -0.39 is 15.9 Å². The number of halogens is 1. The van der Waals surface area contributed by atoms with E-state index in [9.17, 15) is 18.3 Å². The summed E-state index contributed by atoms with van der Waals surface area (Å²) in [5.41, 5.74) is 1.41. The number of piperidine rings is 1. The van der Waals surface area contributed by atoms with Crippen LogP contribution in [-0.4, -0.2) is 49.9 Å². The van der Waals surface area contributed by atoms with Gasteiger partial charge < -0.3 is 9.67 Å². The number of thiophene rings is 1. The number of benzene rings is 2. The van der Waals surface area contributed by atoms with Gasteiger partial charge in [-0.05, 0) is 88.0 Å². The lowest BCUT2D eigenvalue weighted by atomic mass is 10.0. The molecule has 1 amide bonds. The van der Waals surface area contributed by atoms with Gasteiger partial charge >= 0.3 is 5.91 Å². The topological polar surface area (TPSA) is 88.7 Å². The van der Waals surface area contributed by atoms with Crippen LogP contribution in [0.3, 0.4) is 0 Å². The Kier molecular flexibility index (Phi) is 8.15. The molecule has 5 rings (SSSR count). The van der Waals surface area contributed by atoms with E-state index in [0.717, 1.165) is 40.6 Å². The number of hydrogen-bond acceptors (Lipinski definition) is 7. The Labute approximate surface area is 241 Å². The van der Waals surface area contributed by atoms with Gasteiger partial charge in [0.25, 0.3) is 0 Å². The highest BCUT2D eigenvalue weighted by Crippen LogP contribution is 2.40.